The van der Waals surface area contributed by atoms with E-state index in [-0.39, 0.29) is 0 Å². The molecule has 5 heteroatoms. The van der Waals surface area contributed by atoms with Crippen molar-refractivity contribution in [1.29, 1.82) is 0 Å². The van der Waals surface area contributed by atoms with Crippen molar-refractivity contribution >= 4 is 5.78 Å². The van der Waals surface area contributed by atoms with Crippen molar-refractivity contribution in [1.82, 2.24) is 24.6 Å². The van der Waals surface area contributed by atoms with Crippen molar-refractivity contribution in [2.45, 2.75) is 19.5 Å². The van der Waals surface area contributed by atoms with Gasteiger partial charge in [-0.2, -0.15) is 0 Å². The van der Waals surface area contributed by atoms with Gasteiger partial charge in [-0.1, -0.05) is 0 Å². The van der Waals surface area contributed by atoms with Gasteiger partial charge in [-0.05, 0) is 37.9 Å². The Morgan fingerprint density at radius 2 is 2.37 bits per heavy atom. The lowest BCUT2D eigenvalue weighted by Crippen LogP contribution is -2.32. The predicted octanol–water partition coefficient (Wildman–Crippen LogP) is 0.769. The molecule has 2 saturated heterocycles. The Balaban J connectivity index is 1.55. The molecule has 4 rings (SSSR count). The van der Waals surface area contributed by atoms with Crippen molar-refractivity contribution < 1.29 is 0 Å². The van der Waals surface area contributed by atoms with Gasteiger partial charge in [0.15, 0.2) is 0 Å². The third kappa shape index (κ3) is 1.84. The first kappa shape index (κ1) is 11.4. The Labute approximate surface area is 112 Å². The van der Waals surface area contributed by atoms with Gasteiger partial charge < -0.3 is 5.32 Å². The van der Waals surface area contributed by atoms with Crippen molar-refractivity contribution in [3.63, 3.8) is 0 Å². The van der Waals surface area contributed by atoms with E-state index < -0.39 is 0 Å². The summed E-state index contributed by atoms with van der Waals surface area (Å²) in [5.74, 6) is 2.44. The molecule has 2 aromatic rings. The number of nitrogens with one attached hydrogen (secondary N) is 1. The van der Waals surface area contributed by atoms with Crippen LogP contribution in [0.15, 0.2) is 24.7 Å². The molecular formula is C14H19N5. The zero-order valence-electron chi connectivity index (χ0n) is 11.2. The summed E-state index contributed by atoms with van der Waals surface area (Å²) in [5, 5.41) is 3.50. The molecule has 0 aromatic carbocycles. The van der Waals surface area contributed by atoms with Crippen LogP contribution in [0, 0.1) is 11.8 Å². The molecule has 0 radical (unpaired) electrons. The van der Waals surface area contributed by atoms with E-state index in [0.29, 0.717) is 6.04 Å². The number of nitrogens with zero attached hydrogens (tertiary/aromatic N) is 4. The second-order valence-electron chi connectivity index (χ2n) is 5.81. The highest BCUT2D eigenvalue weighted by Gasteiger charge is 2.41. The van der Waals surface area contributed by atoms with Gasteiger partial charge in [0.25, 0.3) is 0 Å². The van der Waals surface area contributed by atoms with E-state index in [4.69, 9.17) is 0 Å². The van der Waals surface area contributed by atoms with E-state index in [1.165, 1.54) is 19.6 Å². The standard InChI is InChI=1S/C14H19N5/c1-10-13-6-15-5-11(13)7-19(10)9-12-8-18-4-2-3-16-14(18)17-12/h2-4,8,10-11,13,15H,5-7,9H2,1H3. The Morgan fingerprint density at radius 3 is 3.21 bits per heavy atom. The summed E-state index contributed by atoms with van der Waals surface area (Å²) >= 11 is 0. The highest BCUT2D eigenvalue weighted by atomic mass is 15.2. The van der Waals surface area contributed by atoms with Crippen LogP contribution >= 0.6 is 0 Å². The summed E-state index contributed by atoms with van der Waals surface area (Å²) in [6.45, 7) is 6.84. The summed E-state index contributed by atoms with van der Waals surface area (Å²) in [6, 6.07) is 2.59. The summed E-state index contributed by atoms with van der Waals surface area (Å²) in [6.07, 6.45) is 5.90. The topological polar surface area (TPSA) is 45.5 Å². The molecular weight excluding hydrogens is 238 g/mol. The molecule has 5 nitrogen and oxygen atoms in total. The third-order valence-electron chi connectivity index (χ3n) is 4.71. The van der Waals surface area contributed by atoms with Crippen LogP contribution in [0.1, 0.15) is 12.6 Å². The Hall–Kier alpha value is -1.46. The van der Waals surface area contributed by atoms with Crippen LogP contribution in [-0.2, 0) is 6.54 Å². The predicted molar refractivity (Wildman–Crippen MR) is 72.7 cm³/mol. The number of fused-ring (bicyclic) bond motifs is 2. The third-order valence-corrected chi connectivity index (χ3v) is 4.71. The van der Waals surface area contributed by atoms with E-state index in [1.54, 1.807) is 6.20 Å². The molecule has 1 N–H and O–H groups in total. The van der Waals surface area contributed by atoms with Gasteiger partial charge in [-0.25, -0.2) is 9.97 Å². The summed E-state index contributed by atoms with van der Waals surface area (Å²) < 4.78 is 2.00. The monoisotopic (exact) mass is 257 g/mol. The largest absolute Gasteiger partial charge is 0.316 e. The van der Waals surface area contributed by atoms with Crippen molar-refractivity contribution in [2.75, 3.05) is 19.6 Å². The van der Waals surface area contributed by atoms with Gasteiger partial charge in [0.2, 0.25) is 5.78 Å². The molecule has 100 valence electrons. The van der Waals surface area contributed by atoms with Crippen LogP contribution in [-0.4, -0.2) is 44.9 Å². The number of rotatable bonds is 2. The van der Waals surface area contributed by atoms with E-state index in [1.807, 2.05) is 16.7 Å². The van der Waals surface area contributed by atoms with Crippen LogP contribution in [0.25, 0.3) is 5.78 Å². The van der Waals surface area contributed by atoms with Gasteiger partial charge in [-0.15, -0.1) is 0 Å². The molecule has 19 heavy (non-hydrogen) atoms. The lowest BCUT2D eigenvalue weighted by atomic mass is 9.95. The Bertz CT molecular complexity index is 559. The first-order valence-corrected chi connectivity index (χ1v) is 7.04. The SMILES string of the molecule is CC1C2CNCC2CN1Cc1cn2cccnc2n1. The van der Waals surface area contributed by atoms with E-state index in [9.17, 15) is 0 Å². The lowest BCUT2D eigenvalue weighted by molar-refractivity contribution is 0.229. The molecule has 2 aliphatic rings. The smallest absolute Gasteiger partial charge is 0.233 e. The Kier molecular flexibility index (Phi) is 2.56. The van der Waals surface area contributed by atoms with Gasteiger partial charge in [0.1, 0.15) is 0 Å². The molecule has 2 fully saturated rings. The quantitative estimate of drug-likeness (QED) is 0.863. The highest BCUT2D eigenvalue weighted by molar-refractivity contribution is 5.29. The van der Waals surface area contributed by atoms with Crippen LogP contribution < -0.4 is 5.32 Å². The fourth-order valence-corrected chi connectivity index (χ4v) is 3.63. The maximum atomic E-state index is 4.60. The zero-order valence-corrected chi connectivity index (χ0v) is 11.2. The fraction of sp³-hybridized carbons (Fsp3) is 0.571. The summed E-state index contributed by atoms with van der Waals surface area (Å²) in [5.41, 5.74) is 1.12. The number of hydrogen-bond acceptors (Lipinski definition) is 4. The molecule has 0 saturated carbocycles. The highest BCUT2D eigenvalue weighted by Crippen LogP contribution is 2.33. The van der Waals surface area contributed by atoms with E-state index in [0.717, 1.165) is 29.9 Å². The van der Waals surface area contributed by atoms with Gasteiger partial charge in [0.05, 0.1) is 5.69 Å². The zero-order chi connectivity index (χ0) is 12.8. The van der Waals surface area contributed by atoms with Crippen molar-refractivity contribution in [3.8, 4) is 0 Å². The maximum absolute atomic E-state index is 4.60. The number of likely N-dealkylation sites (tertiary alicyclic amines) is 1. The second-order valence-corrected chi connectivity index (χ2v) is 5.81. The minimum absolute atomic E-state index is 0.651. The lowest BCUT2D eigenvalue weighted by Gasteiger charge is -2.23. The van der Waals surface area contributed by atoms with E-state index >= 15 is 0 Å². The number of hydrogen-bond donors (Lipinski definition) is 1. The van der Waals surface area contributed by atoms with Gasteiger partial charge in [-0.3, -0.25) is 9.30 Å². The molecule has 2 aromatic heterocycles. The fourth-order valence-electron chi connectivity index (χ4n) is 3.63. The first-order valence-electron chi connectivity index (χ1n) is 7.04. The molecule has 2 aliphatic heterocycles. The normalized spacial score (nSPS) is 31.1. The van der Waals surface area contributed by atoms with Crippen molar-refractivity contribution in [3.05, 3.63) is 30.4 Å². The molecule has 3 unspecified atom stereocenters. The molecule has 4 heterocycles. The average molecular weight is 257 g/mol. The van der Waals surface area contributed by atoms with Crippen LogP contribution in [0.2, 0.25) is 0 Å². The average Bonchev–Trinajstić information content (AvgIpc) is 3.07. The maximum Gasteiger partial charge on any atom is 0.233 e. The molecule has 0 aliphatic carbocycles. The summed E-state index contributed by atoms with van der Waals surface area (Å²) in [7, 11) is 0. The number of imidazole rings is 1. The molecule has 0 amide bonds. The summed E-state index contributed by atoms with van der Waals surface area (Å²) in [4.78, 5) is 11.4. The molecule has 0 spiro atoms. The number of aromatic nitrogens is 3. The van der Waals surface area contributed by atoms with Gasteiger partial charge >= 0.3 is 0 Å². The Morgan fingerprint density at radius 1 is 1.42 bits per heavy atom. The van der Waals surface area contributed by atoms with Crippen LogP contribution in [0.3, 0.4) is 0 Å². The first-order chi connectivity index (χ1) is 9.31. The van der Waals surface area contributed by atoms with E-state index in [2.05, 4.69) is 33.3 Å². The second kappa shape index (κ2) is 4.28. The van der Waals surface area contributed by atoms with Gasteiger partial charge in [0, 0.05) is 37.7 Å². The van der Waals surface area contributed by atoms with Crippen LogP contribution in [0.4, 0.5) is 0 Å². The van der Waals surface area contributed by atoms with Crippen LogP contribution in [0.5, 0.6) is 0 Å². The van der Waals surface area contributed by atoms with Crippen molar-refractivity contribution in [2.24, 2.45) is 11.8 Å². The molecule has 3 atom stereocenters. The minimum atomic E-state index is 0.651. The molecule has 0 bridgehead atoms. The minimum Gasteiger partial charge on any atom is -0.316 e.